The van der Waals surface area contributed by atoms with E-state index in [-0.39, 0.29) is 19.7 Å². The van der Waals surface area contributed by atoms with E-state index in [1.165, 1.54) is 7.11 Å². The van der Waals surface area contributed by atoms with Crippen LogP contribution in [0.2, 0.25) is 0 Å². The lowest BCUT2D eigenvalue weighted by molar-refractivity contribution is -0.368. The molecule has 0 bridgehead atoms. The molecule has 0 saturated heterocycles. The molecule has 0 rings (SSSR count). The van der Waals surface area contributed by atoms with E-state index in [1.807, 2.05) is 0 Å². The van der Waals surface area contributed by atoms with Crippen LogP contribution >= 0.6 is 0 Å². The van der Waals surface area contributed by atoms with Gasteiger partial charge in [-0.3, -0.25) is 4.39 Å². The summed E-state index contributed by atoms with van der Waals surface area (Å²) in [5, 5.41) is 0. The molecule has 0 fully saturated rings. The quantitative estimate of drug-likeness (QED) is 0.132. The normalized spacial score (nSPS) is 8.11. The number of rotatable bonds is 10. The molecule has 0 saturated carbocycles. The first-order valence-electron chi connectivity index (χ1n) is 11.8. The third kappa shape index (κ3) is 1390. The average molecular weight is 954 g/mol. The van der Waals surface area contributed by atoms with Crippen LogP contribution in [0.4, 0.5) is 119 Å². The summed E-state index contributed by atoms with van der Waals surface area (Å²) in [7, 11) is -2.85. The van der Waals surface area contributed by atoms with Gasteiger partial charge in [0.25, 0.3) is 0 Å². The average Bonchev–Trinajstić information content (AvgIpc) is 3.09. The van der Waals surface area contributed by atoms with Crippen LogP contribution in [0.15, 0.2) is 0 Å². The Balaban J connectivity index is -0.0000000290. The molecular formula is C20H42F27NO7S. The van der Waals surface area contributed by atoms with Gasteiger partial charge in [-0.2, -0.15) is 9.88 Å². The Labute approximate surface area is 302 Å². The molecule has 0 aromatic heterocycles. The molecule has 3 N–H and O–H groups in total. The van der Waals surface area contributed by atoms with Crippen molar-refractivity contribution in [3.8, 4) is 0 Å². The summed E-state index contributed by atoms with van der Waals surface area (Å²) in [4.78, 5) is 4.75. The lowest BCUT2D eigenvalue weighted by Crippen LogP contribution is -2.50. The van der Waals surface area contributed by atoms with E-state index >= 15 is 0 Å². The minimum absolute atomic E-state index is 0.0298. The maximum Gasteiger partial charge on any atom is 0.559 e. The smallest absolute Gasteiger partial charge is 0.559 e. The minimum Gasteiger partial charge on any atom is -0.748 e. The van der Waals surface area contributed by atoms with Gasteiger partial charge in [-0.05, 0) is 15.5 Å². The van der Waals surface area contributed by atoms with E-state index in [1.54, 1.807) is 0 Å². The van der Waals surface area contributed by atoms with Crippen molar-refractivity contribution in [2.75, 3.05) is 116 Å². The Morgan fingerprint density at radius 3 is 0.768 bits per heavy atom. The van der Waals surface area contributed by atoms with Crippen molar-refractivity contribution in [2.45, 2.75) is 19.3 Å². The van der Waals surface area contributed by atoms with Crippen LogP contribution < -0.4 is 5.73 Å². The highest BCUT2D eigenvalue weighted by Crippen LogP contribution is 2.13. The molecule has 364 valence electrons. The summed E-state index contributed by atoms with van der Waals surface area (Å²) in [5.74, 6) is -0.493. The number of alkyl halides is 25. The van der Waals surface area contributed by atoms with Crippen molar-refractivity contribution in [2.24, 2.45) is 0 Å². The van der Waals surface area contributed by atoms with Gasteiger partial charge in [0, 0.05) is 19.3 Å². The van der Waals surface area contributed by atoms with Crippen LogP contribution in [-0.4, -0.2) is 135 Å². The van der Waals surface area contributed by atoms with E-state index < -0.39 is 105 Å². The van der Waals surface area contributed by atoms with Gasteiger partial charge in [0.15, 0.2) is 13.7 Å². The van der Waals surface area contributed by atoms with Crippen LogP contribution in [0, 0.1) is 0 Å². The second-order valence-corrected chi connectivity index (χ2v) is 6.12. The molecule has 0 heterocycles. The first kappa shape index (κ1) is 94.7. The fourth-order valence-corrected chi connectivity index (χ4v) is 0.958. The Morgan fingerprint density at radius 2 is 0.696 bits per heavy atom. The SMILES string of the molecule is COCF.FC(F)(F)F.FCF.FCF.FCF.FCF.FCF.FCF.FCF.FCF.FCOF.FCOF.O=S(=O)([O-])CCCOCF.[NH3+]CCCF. The van der Waals surface area contributed by atoms with Gasteiger partial charge in [0.1, 0.15) is 0 Å². The first-order valence-corrected chi connectivity index (χ1v) is 13.4. The zero-order chi connectivity index (χ0) is 48.6. The summed E-state index contributed by atoms with van der Waals surface area (Å²) in [5.41, 5.74) is 3.44. The van der Waals surface area contributed by atoms with Gasteiger partial charge in [0.05, 0.1) is 29.9 Å². The molecule has 36 heteroatoms. The molecule has 56 heavy (non-hydrogen) atoms. The maximum absolute atomic E-state index is 11.2. The van der Waals surface area contributed by atoms with Crippen LogP contribution in [0.1, 0.15) is 12.8 Å². The van der Waals surface area contributed by atoms with Crippen LogP contribution in [-0.2, 0) is 29.5 Å². The molecule has 0 spiro atoms. The highest BCUT2D eigenvalue weighted by atomic mass is 32.2. The summed E-state index contributed by atoms with van der Waals surface area (Å²) in [6, 6.07) is 0. The summed E-state index contributed by atoms with van der Waals surface area (Å²) >= 11 is 0. The zero-order valence-electron chi connectivity index (χ0n) is 28.4. The molecule has 0 aliphatic rings. The number of halogens is 27. The van der Waals surface area contributed by atoms with Crippen molar-refractivity contribution in [3.05, 3.63) is 0 Å². The second kappa shape index (κ2) is 140. The summed E-state index contributed by atoms with van der Waals surface area (Å²) in [6.07, 6.45) is -4.84. The number of quaternary nitrogens is 1. The van der Waals surface area contributed by atoms with Crippen molar-refractivity contribution >= 4 is 10.1 Å². The summed E-state index contributed by atoms with van der Waals surface area (Å²) < 4.78 is 303. The monoisotopic (exact) mass is 953 g/mol. The first-order chi connectivity index (χ1) is 26.0. The number of ether oxygens (including phenoxy) is 2. The molecule has 8 nitrogen and oxygen atoms in total. The second-order valence-electron chi connectivity index (χ2n) is 4.60. The molecule has 0 aliphatic carbocycles. The lowest BCUT2D eigenvalue weighted by Gasteiger charge is -2.04. The third-order valence-corrected chi connectivity index (χ3v) is 2.12. The van der Waals surface area contributed by atoms with E-state index in [0.717, 1.165) is 6.54 Å². The molecule has 0 aliphatic heterocycles. The molecule has 0 radical (unpaired) electrons. The van der Waals surface area contributed by atoms with Gasteiger partial charge in [-0.25, -0.2) is 96.2 Å². The Kier molecular flexibility index (Phi) is 237. The van der Waals surface area contributed by atoms with Crippen molar-refractivity contribution in [1.82, 2.24) is 0 Å². The largest absolute Gasteiger partial charge is 0.748 e. The predicted octanol–water partition coefficient (Wildman–Crippen LogP) is 10.2. The Bertz CT molecular complexity index is 474. The number of hydrogen-bond donors (Lipinski definition) is 1. The predicted molar refractivity (Wildman–Crippen MR) is 143 cm³/mol. The zero-order valence-corrected chi connectivity index (χ0v) is 29.2. The van der Waals surface area contributed by atoms with E-state index in [0.29, 0.717) is 6.42 Å². The molecule has 0 aromatic rings. The standard InChI is InChI=1S/C4H9FO4S.C3H8FN.C2H5FO.CF4.2CH2F2O.8CH2F2/c5-4-9-2-1-3-10(6,7)8;4-2-1-3-5;1-4-2-3;2-1(3,4)5;2*2-1-4-3;8*2-1-3/h1-4H2,(H,6,7,8);1-3,5H2;2H2,1H3;;2*1H2;8*1H2. The van der Waals surface area contributed by atoms with Crippen LogP contribution in [0.5, 0.6) is 0 Å². The topological polar surface area (TPSA) is 122 Å². The fourth-order valence-electron chi connectivity index (χ4n) is 0.487. The minimum atomic E-state index is -5.50. The van der Waals surface area contributed by atoms with Crippen LogP contribution in [0.3, 0.4) is 0 Å². The maximum atomic E-state index is 11.2. The Morgan fingerprint density at radius 1 is 0.500 bits per heavy atom. The van der Waals surface area contributed by atoms with Gasteiger partial charge < -0.3 is 19.8 Å². The van der Waals surface area contributed by atoms with Gasteiger partial charge in [0.2, 0.25) is 69.1 Å². The molecule has 0 unspecified atom stereocenters. The highest BCUT2D eigenvalue weighted by molar-refractivity contribution is 7.85. The van der Waals surface area contributed by atoms with E-state index in [2.05, 4.69) is 25.1 Å². The van der Waals surface area contributed by atoms with Gasteiger partial charge >= 0.3 is 6.43 Å². The van der Waals surface area contributed by atoms with E-state index in [4.69, 9.17) is 0 Å². The molecule has 0 atom stereocenters. The number of hydrogen-bond acceptors (Lipinski definition) is 7. The highest BCUT2D eigenvalue weighted by Gasteiger charge is 2.24. The summed E-state index contributed by atoms with van der Waals surface area (Å²) in [6.45, 7) is -17.9. The van der Waals surface area contributed by atoms with Crippen molar-refractivity contribution < 1.29 is 157 Å². The van der Waals surface area contributed by atoms with Crippen molar-refractivity contribution in [3.63, 3.8) is 0 Å². The molecular weight excluding hydrogens is 911 g/mol. The third-order valence-electron chi connectivity index (χ3n) is 1.34. The fraction of sp³-hybridized carbons (Fsp3) is 1.00. The van der Waals surface area contributed by atoms with Crippen LogP contribution in [0.25, 0.3) is 0 Å². The lowest BCUT2D eigenvalue weighted by atomic mass is 10.5. The molecule has 0 amide bonds. The molecule has 0 aromatic carbocycles. The van der Waals surface area contributed by atoms with E-state index in [9.17, 15) is 132 Å². The van der Waals surface area contributed by atoms with Gasteiger partial charge in [-0.1, -0.05) is 0 Å². The van der Waals surface area contributed by atoms with Gasteiger partial charge in [-0.15, -0.1) is 17.6 Å². The Hall–Kier alpha value is -2.18. The van der Waals surface area contributed by atoms with Crippen molar-refractivity contribution in [1.29, 1.82) is 0 Å². The number of methoxy groups -OCH3 is 1.